The minimum absolute atomic E-state index is 0.345. The first kappa shape index (κ1) is 12.6. The van der Waals surface area contributed by atoms with Gasteiger partial charge in [0.2, 0.25) is 0 Å². The highest BCUT2D eigenvalue weighted by atomic mass is 16.5. The van der Waals surface area contributed by atoms with Gasteiger partial charge in [-0.2, -0.15) is 0 Å². The van der Waals surface area contributed by atoms with Gasteiger partial charge in [-0.05, 0) is 30.9 Å². The van der Waals surface area contributed by atoms with Crippen LogP contribution in [0.15, 0.2) is 11.8 Å². The molecule has 1 aliphatic rings. The molecule has 1 atom stereocenters. The van der Waals surface area contributed by atoms with Gasteiger partial charge in [0.15, 0.2) is 0 Å². The zero-order chi connectivity index (χ0) is 11.3. The fourth-order valence-corrected chi connectivity index (χ4v) is 1.88. The minimum atomic E-state index is 0.345. The molecule has 2 nitrogen and oxygen atoms in total. The molecular weight excluding hydrogens is 186 g/mol. The van der Waals surface area contributed by atoms with E-state index in [-0.39, 0.29) is 0 Å². The van der Waals surface area contributed by atoms with Crippen LogP contribution in [0.2, 0.25) is 0 Å². The van der Waals surface area contributed by atoms with Crippen molar-refractivity contribution in [2.75, 3.05) is 13.2 Å². The zero-order valence-electron chi connectivity index (χ0n) is 10.6. The number of nitrogens with one attached hydrogen (secondary N) is 1. The molecule has 0 aromatic heterocycles. The SMILES string of the molecule is CCCNC(CC(C)(C)C)C1=CCCO1. The lowest BCUT2D eigenvalue weighted by Crippen LogP contribution is -2.35. The Kier molecular flexibility index (Phi) is 4.65. The van der Waals surface area contributed by atoms with E-state index in [9.17, 15) is 0 Å². The van der Waals surface area contributed by atoms with Gasteiger partial charge >= 0.3 is 0 Å². The lowest BCUT2D eigenvalue weighted by molar-refractivity contribution is 0.193. The van der Waals surface area contributed by atoms with E-state index in [4.69, 9.17) is 4.74 Å². The summed E-state index contributed by atoms with van der Waals surface area (Å²) in [6, 6.07) is 0.410. The Bertz CT molecular complexity index is 215. The van der Waals surface area contributed by atoms with Crippen molar-refractivity contribution < 1.29 is 4.74 Å². The van der Waals surface area contributed by atoms with E-state index in [2.05, 4.69) is 39.1 Å². The highest BCUT2D eigenvalue weighted by Crippen LogP contribution is 2.26. The second-order valence-electron chi connectivity index (χ2n) is 5.52. The van der Waals surface area contributed by atoms with E-state index >= 15 is 0 Å². The van der Waals surface area contributed by atoms with E-state index in [0.29, 0.717) is 11.5 Å². The maximum atomic E-state index is 5.66. The summed E-state index contributed by atoms with van der Waals surface area (Å²) in [6.45, 7) is 11.0. The minimum Gasteiger partial charge on any atom is -0.496 e. The molecule has 0 spiro atoms. The molecule has 0 saturated carbocycles. The first-order valence-electron chi connectivity index (χ1n) is 6.09. The van der Waals surface area contributed by atoms with Crippen LogP contribution in [0.1, 0.15) is 47.0 Å². The average molecular weight is 211 g/mol. The first-order valence-corrected chi connectivity index (χ1v) is 6.09. The lowest BCUT2D eigenvalue weighted by atomic mass is 9.87. The molecule has 1 rings (SSSR count). The Morgan fingerprint density at radius 3 is 2.67 bits per heavy atom. The highest BCUT2D eigenvalue weighted by molar-refractivity contribution is 5.08. The molecule has 0 aromatic carbocycles. The first-order chi connectivity index (χ1) is 7.03. The van der Waals surface area contributed by atoms with Crippen molar-refractivity contribution in [1.29, 1.82) is 0 Å². The second kappa shape index (κ2) is 5.55. The van der Waals surface area contributed by atoms with Crippen LogP contribution in [-0.4, -0.2) is 19.2 Å². The van der Waals surface area contributed by atoms with Crippen LogP contribution in [0, 0.1) is 5.41 Å². The van der Waals surface area contributed by atoms with Crippen molar-refractivity contribution in [1.82, 2.24) is 5.32 Å². The number of ether oxygens (including phenoxy) is 1. The highest BCUT2D eigenvalue weighted by Gasteiger charge is 2.23. The van der Waals surface area contributed by atoms with Crippen LogP contribution in [0.3, 0.4) is 0 Å². The second-order valence-corrected chi connectivity index (χ2v) is 5.52. The lowest BCUT2D eigenvalue weighted by Gasteiger charge is -2.27. The molecule has 1 unspecified atom stereocenters. The molecular formula is C13H25NO. The fourth-order valence-electron chi connectivity index (χ4n) is 1.88. The van der Waals surface area contributed by atoms with Crippen molar-refractivity contribution in [3.63, 3.8) is 0 Å². The maximum absolute atomic E-state index is 5.66. The van der Waals surface area contributed by atoms with Crippen LogP contribution >= 0.6 is 0 Å². The molecule has 1 heterocycles. The molecule has 0 aromatic rings. The molecule has 15 heavy (non-hydrogen) atoms. The van der Waals surface area contributed by atoms with Gasteiger partial charge in [-0.15, -0.1) is 0 Å². The molecule has 0 fully saturated rings. The molecule has 0 aliphatic carbocycles. The Labute approximate surface area is 94.1 Å². The van der Waals surface area contributed by atoms with Crippen molar-refractivity contribution in [3.8, 4) is 0 Å². The number of hydrogen-bond acceptors (Lipinski definition) is 2. The van der Waals surface area contributed by atoms with Gasteiger partial charge in [-0.25, -0.2) is 0 Å². The largest absolute Gasteiger partial charge is 0.496 e. The predicted octanol–water partition coefficient (Wildman–Crippen LogP) is 3.10. The normalized spacial score (nSPS) is 18.5. The topological polar surface area (TPSA) is 21.3 Å². The number of rotatable bonds is 5. The molecule has 1 aliphatic heterocycles. The van der Waals surface area contributed by atoms with Gasteiger partial charge in [-0.3, -0.25) is 0 Å². The third-order valence-corrected chi connectivity index (χ3v) is 2.53. The molecule has 1 N–H and O–H groups in total. The van der Waals surface area contributed by atoms with E-state index in [1.54, 1.807) is 0 Å². The van der Waals surface area contributed by atoms with Crippen molar-refractivity contribution in [2.24, 2.45) is 5.41 Å². The van der Waals surface area contributed by atoms with Crippen LogP contribution in [-0.2, 0) is 4.74 Å². The maximum Gasteiger partial charge on any atom is 0.109 e. The quantitative estimate of drug-likeness (QED) is 0.754. The van der Waals surface area contributed by atoms with Crippen molar-refractivity contribution >= 4 is 0 Å². The van der Waals surface area contributed by atoms with E-state index in [1.165, 1.54) is 12.2 Å². The third-order valence-electron chi connectivity index (χ3n) is 2.53. The predicted molar refractivity (Wildman–Crippen MR) is 64.8 cm³/mol. The summed E-state index contributed by atoms with van der Waals surface area (Å²) in [6.07, 6.45) is 5.62. The summed E-state index contributed by atoms with van der Waals surface area (Å²) in [5.74, 6) is 1.17. The van der Waals surface area contributed by atoms with Gasteiger partial charge in [-0.1, -0.05) is 27.7 Å². The monoisotopic (exact) mass is 211 g/mol. The molecule has 0 saturated heterocycles. The van der Waals surface area contributed by atoms with Crippen molar-refractivity contribution in [3.05, 3.63) is 11.8 Å². The van der Waals surface area contributed by atoms with Gasteiger partial charge in [0.1, 0.15) is 5.76 Å². The third kappa shape index (κ3) is 4.70. The summed E-state index contributed by atoms with van der Waals surface area (Å²) in [7, 11) is 0. The molecule has 0 amide bonds. The van der Waals surface area contributed by atoms with Crippen LogP contribution in [0.25, 0.3) is 0 Å². The summed E-state index contributed by atoms with van der Waals surface area (Å²) >= 11 is 0. The van der Waals surface area contributed by atoms with Gasteiger partial charge in [0.05, 0.1) is 12.6 Å². The van der Waals surface area contributed by atoms with Gasteiger partial charge in [0.25, 0.3) is 0 Å². The summed E-state index contributed by atoms with van der Waals surface area (Å²) in [5.41, 5.74) is 0.345. The van der Waals surface area contributed by atoms with Gasteiger partial charge < -0.3 is 10.1 Å². The standard InChI is InChI=1S/C13H25NO/c1-5-8-14-11(10-13(2,3)4)12-7-6-9-15-12/h7,11,14H,5-6,8-10H2,1-4H3. The van der Waals surface area contributed by atoms with Crippen LogP contribution in [0.4, 0.5) is 0 Å². The molecule has 2 heteroatoms. The summed E-state index contributed by atoms with van der Waals surface area (Å²) in [5, 5.41) is 3.57. The van der Waals surface area contributed by atoms with E-state index < -0.39 is 0 Å². The Balaban J connectivity index is 2.52. The molecule has 88 valence electrons. The zero-order valence-corrected chi connectivity index (χ0v) is 10.6. The van der Waals surface area contributed by atoms with Crippen LogP contribution in [0.5, 0.6) is 0 Å². The average Bonchev–Trinajstić information content (AvgIpc) is 2.63. The Morgan fingerprint density at radius 1 is 1.47 bits per heavy atom. The van der Waals surface area contributed by atoms with Gasteiger partial charge in [0, 0.05) is 6.42 Å². The van der Waals surface area contributed by atoms with Crippen LogP contribution < -0.4 is 5.32 Å². The van der Waals surface area contributed by atoms with Crippen molar-refractivity contribution in [2.45, 2.75) is 53.0 Å². The summed E-state index contributed by atoms with van der Waals surface area (Å²) < 4.78 is 5.66. The molecule has 0 bridgehead atoms. The summed E-state index contributed by atoms with van der Waals surface area (Å²) in [4.78, 5) is 0. The fraction of sp³-hybridized carbons (Fsp3) is 0.846. The Hall–Kier alpha value is -0.500. The molecule has 0 radical (unpaired) electrons. The smallest absolute Gasteiger partial charge is 0.109 e. The number of hydrogen-bond donors (Lipinski definition) is 1. The Morgan fingerprint density at radius 2 is 2.20 bits per heavy atom. The van der Waals surface area contributed by atoms with E-state index in [1.807, 2.05) is 0 Å². The van der Waals surface area contributed by atoms with E-state index in [0.717, 1.165) is 26.0 Å².